The van der Waals surface area contributed by atoms with E-state index in [9.17, 15) is 0 Å². The molecular formula is C16H26N4O. The highest BCUT2D eigenvalue weighted by molar-refractivity contribution is 5.79. The van der Waals surface area contributed by atoms with E-state index < -0.39 is 0 Å². The van der Waals surface area contributed by atoms with Gasteiger partial charge >= 0.3 is 0 Å². The first-order valence-electron chi connectivity index (χ1n) is 7.88. The number of rotatable bonds is 6. The quantitative estimate of drug-likeness (QED) is 0.624. The number of pyridine rings is 1. The summed E-state index contributed by atoms with van der Waals surface area (Å²) in [5.74, 6) is 1.56. The second-order valence-electron chi connectivity index (χ2n) is 5.38. The minimum Gasteiger partial charge on any atom is -0.474 e. The molecule has 1 heterocycles. The summed E-state index contributed by atoms with van der Waals surface area (Å²) >= 11 is 0. The lowest BCUT2D eigenvalue weighted by atomic mass is 10.3. The standard InChI is InChI=1S/C16H26N4O/c1-3-10-18-16(17-2)20-12-13-8-9-15(19-11-13)21-14-6-4-5-7-14/h8-9,11,14H,3-7,10,12H2,1-2H3,(H2,17,18,20). The van der Waals surface area contributed by atoms with E-state index in [4.69, 9.17) is 4.74 Å². The van der Waals surface area contributed by atoms with Gasteiger partial charge in [-0.15, -0.1) is 0 Å². The molecule has 2 N–H and O–H groups in total. The van der Waals surface area contributed by atoms with E-state index in [1.54, 1.807) is 7.05 Å². The van der Waals surface area contributed by atoms with E-state index in [1.165, 1.54) is 12.8 Å². The van der Waals surface area contributed by atoms with Crippen molar-refractivity contribution in [2.24, 2.45) is 4.99 Å². The van der Waals surface area contributed by atoms with Gasteiger partial charge in [0.2, 0.25) is 5.88 Å². The second kappa shape index (κ2) is 8.49. The van der Waals surface area contributed by atoms with E-state index >= 15 is 0 Å². The number of nitrogens with one attached hydrogen (secondary N) is 2. The van der Waals surface area contributed by atoms with E-state index in [-0.39, 0.29) is 0 Å². The van der Waals surface area contributed by atoms with Crippen LogP contribution in [0.15, 0.2) is 23.3 Å². The van der Waals surface area contributed by atoms with E-state index in [2.05, 4.69) is 33.6 Å². The fraction of sp³-hybridized carbons (Fsp3) is 0.625. The maximum atomic E-state index is 5.86. The number of ether oxygens (including phenoxy) is 1. The molecule has 21 heavy (non-hydrogen) atoms. The van der Waals surface area contributed by atoms with Gasteiger partial charge in [0.05, 0.1) is 0 Å². The van der Waals surface area contributed by atoms with Crippen LogP contribution in [-0.2, 0) is 6.54 Å². The summed E-state index contributed by atoms with van der Waals surface area (Å²) in [6, 6.07) is 4.01. The number of nitrogens with zero attached hydrogens (tertiary/aromatic N) is 2. The molecule has 1 aromatic rings. The Labute approximate surface area is 127 Å². The first-order chi connectivity index (χ1) is 10.3. The minimum atomic E-state index is 0.360. The highest BCUT2D eigenvalue weighted by Crippen LogP contribution is 2.22. The van der Waals surface area contributed by atoms with Crippen LogP contribution in [0, 0.1) is 0 Å². The smallest absolute Gasteiger partial charge is 0.213 e. The van der Waals surface area contributed by atoms with Crippen molar-refractivity contribution in [1.29, 1.82) is 0 Å². The Bertz CT molecular complexity index is 438. The number of hydrogen-bond acceptors (Lipinski definition) is 3. The Morgan fingerprint density at radius 1 is 1.33 bits per heavy atom. The third-order valence-corrected chi connectivity index (χ3v) is 3.61. The van der Waals surface area contributed by atoms with Crippen LogP contribution in [0.25, 0.3) is 0 Å². The number of aliphatic imine (C=N–C) groups is 1. The molecule has 0 unspecified atom stereocenters. The summed E-state index contributed by atoms with van der Waals surface area (Å²) < 4.78 is 5.86. The van der Waals surface area contributed by atoms with Crippen molar-refractivity contribution in [3.05, 3.63) is 23.9 Å². The summed E-state index contributed by atoms with van der Waals surface area (Å²) in [5.41, 5.74) is 1.12. The van der Waals surface area contributed by atoms with Gasteiger partial charge in [0.15, 0.2) is 5.96 Å². The lowest BCUT2D eigenvalue weighted by molar-refractivity contribution is 0.201. The topological polar surface area (TPSA) is 58.5 Å². The zero-order chi connectivity index (χ0) is 14.9. The minimum absolute atomic E-state index is 0.360. The largest absolute Gasteiger partial charge is 0.474 e. The van der Waals surface area contributed by atoms with Gasteiger partial charge in [0.25, 0.3) is 0 Å². The van der Waals surface area contributed by atoms with Gasteiger partial charge in [-0.1, -0.05) is 13.0 Å². The zero-order valence-corrected chi connectivity index (χ0v) is 13.1. The van der Waals surface area contributed by atoms with Crippen LogP contribution >= 0.6 is 0 Å². The Balaban J connectivity index is 1.78. The highest BCUT2D eigenvalue weighted by atomic mass is 16.5. The third kappa shape index (κ3) is 5.25. The molecule has 0 amide bonds. The van der Waals surface area contributed by atoms with Crippen LogP contribution in [0.4, 0.5) is 0 Å². The van der Waals surface area contributed by atoms with Gasteiger partial charge in [0.1, 0.15) is 6.10 Å². The van der Waals surface area contributed by atoms with Crippen molar-refractivity contribution >= 4 is 5.96 Å². The third-order valence-electron chi connectivity index (χ3n) is 3.61. The molecular weight excluding hydrogens is 264 g/mol. The first-order valence-corrected chi connectivity index (χ1v) is 7.88. The monoisotopic (exact) mass is 290 g/mol. The zero-order valence-electron chi connectivity index (χ0n) is 13.1. The predicted molar refractivity (Wildman–Crippen MR) is 85.6 cm³/mol. The van der Waals surface area contributed by atoms with E-state index in [0.29, 0.717) is 12.6 Å². The average molecular weight is 290 g/mol. The fourth-order valence-electron chi connectivity index (χ4n) is 2.41. The molecule has 0 bridgehead atoms. The molecule has 1 aliphatic rings. The molecule has 1 saturated carbocycles. The predicted octanol–water partition coefficient (Wildman–Crippen LogP) is 2.48. The van der Waals surface area contributed by atoms with Gasteiger partial charge in [-0.05, 0) is 37.7 Å². The normalized spacial score (nSPS) is 16.0. The lowest BCUT2D eigenvalue weighted by Crippen LogP contribution is -2.37. The second-order valence-corrected chi connectivity index (χ2v) is 5.38. The van der Waals surface area contributed by atoms with Gasteiger partial charge in [0, 0.05) is 32.4 Å². The maximum absolute atomic E-state index is 5.86. The van der Waals surface area contributed by atoms with Gasteiger partial charge < -0.3 is 15.4 Å². The molecule has 0 radical (unpaired) electrons. The molecule has 5 heteroatoms. The van der Waals surface area contributed by atoms with Gasteiger partial charge in [-0.2, -0.15) is 0 Å². The van der Waals surface area contributed by atoms with E-state index in [0.717, 1.165) is 43.2 Å². The van der Waals surface area contributed by atoms with Crippen LogP contribution in [0.2, 0.25) is 0 Å². The average Bonchev–Trinajstić information content (AvgIpc) is 3.02. The Kier molecular flexibility index (Phi) is 6.31. The van der Waals surface area contributed by atoms with Crippen LogP contribution in [0.1, 0.15) is 44.6 Å². The number of guanidine groups is 1. The highest BCUT2D eigenvalue weighted by Gasteiger charge is 2.16. The molecule has 2 rings (SSSR count). The molecule has 116 valence electrons. The van der Waals surface area contributed by atoms with Gasteiger partial charge in [-0.25, -0.2) is 4.98 Å². The summed E-state index contributed by atoms with van der Waals surface area (Å²) in [7, 11) is 1.78. The molecule has 1 fully saturated rings. The molecule has 0 aromatic carbocycles. The summed E-state index contributed by atoms with van der Waals surface area (Å²) in [5, 5.41) is 6.51. The first kappa shape index (κ1) is 15.6. The van der Waals surface area contributed by atoms with Crippen molar-refractivity contribution in [3.63, 3.8) is 0 Å². The summed E-state index contributed by atoms with van der Waals surface area (Å²) in [4.78, 5) is 8.56. The van der Waals surface area contributed by atoms with Crippen LogP contribution in [0.5, 0.6) is 5.88 Å². The number of aromatic nitrogens is 1. The van der Waals surface area contributed by atoms with Crippen molar-refractivity contribution in [2.75, 3.05) is 13.6 Å². The number of hydrogen-bond donors (Lipinski definition) is 2. The fourth-order valence-corrected chi connectivity index (χ4v) is 2.41. The van der Waals surface area contributed by atoms with Crippen molar-refractivity contribution in [3.8, 4) is 5.88 Å². The van der Waals surface area contributed by atoms with Crippen LogP contribution < -0.4 is 15.4 Å². The van der Waals surface area contributed by atoms with Gasteiger partial charge in [-0.3, -0.25) is 4.99 Å². The molecule has 5 nitrogen and oxygen atoms in total. The molecule has 0 spiro atoms. The SMILES string of the molecule is CCCNC(=NC)NCc1ccc(OC2CCCC2)nc1. The molecule has 0 saturated heterocycles. The van der Waals surface area contributed by atoms with Crippen LogP contribution in [-0.4, -0.2) is 30.6 Å². The Morgan fingerprint density at radius 3 is 2.76 bits per heavy atom. The lowest BCUT2D eigenvalue weighted by Gasteiger charge is -2.13. The Morgan fingerprint density at radius 2 is 2.14 bits per heavy atom. The molecule has 1 aromatic heterocycles. The molecule has 0 atom stereocenters. The van der Waals surface area contributed by atoms with E-state index in [1.807, 2.05) is 12.3 Å². The maximum Gasteiger partial charge on any atom is 0.213 e. The Hall–Kier alpha value is -1.78. The van der Waals surface area contributed by atoms with Crippen LogP contribution in [0.3, 0.4) is 0 Å². The molecule has 0 aliphatic heterocycles. The van der Waals surface area contributed by atoms with Crippen molar-refractivity contribution in [2.45, 2.75) is 51.7 Å². The summed E-state index contributed by atoms with van der Waals surface area (Å²) in [6.07, 6.45) is 8.17. The summed E-state index contributed by atoms with van der Waals surface area (Å²) in [6.45, 7) is 3.76. The van der Waals surface area contributed by atoms with Crippen molar-refractivity contribution in [1.82, 2.24) is 15.6 Å². The molecule has 1 aliphatic carbocycles. The van der Waals surface area contributed by atoms with Crippen molar-refractivity contribution < 1.29 is 4.74 Å².